The lowest BCUT2D eigenvalue weighted by Gasteiger charge is -2.05. The minimum atomic E-state index is 0.176. The van der Waals surface area contributed by atoms with Gasteiger partial charge in [0, 0.05) is 12.0 Å². The number of ketones is 1. The lowest BCUT2D eigenvalue weighted by Crippen LogP contribution is -1.98. The fourth-order valence-electron chi connectivity index (χ4n) is 1.28. The number of carbonyl (C=O) groups is 1. The van der Waals surface area contributed by atoms with Crippen LogP contribution in [0.15, 0.2) is 24.3 Å². The van der Waals surface area contributed by atoms with Gasteiger partial charge in [0.2, 0.25) is 0 Å². The van der Waals surface area contributed by atoms with Gasteiger partial charge in [0.05, 0.1) is 6.61 Å². The Morgan fingerprint density at radius 2 is 1.87 bits per heavy atom. The van der Waals surface area contributed by atoms with Gasteiger partial charge in [-0.3, -0.25) is 4.79 Å². The predicted octanol–water partition coefficient (Wildman–Crippen LogP) is 3.46. The van der Waals surface area contributed by atoms with E-state index >= 15 is 0 Å². The average Bonchev–Trinajstić information content (AvgIpc) is 2.29. The van der Waals surface area contributed by atoms with Crippen molar-refractivity contribution in [3.8, 4) is 5.75 Å². The van der Waals surface area contributed by atoms with Crippen LogP contribution in [0.25, 0.3) is 0 Å². The van der Waals surface area contributed by atoms with Gasteiger partial charge in [-0.25, -0.2) is 0 Å². The first-order valence-electron chi connectivity index (χ1n) is 5.54. The third kappa shape index (κ3) is 3.74. The molecular weight excluding hydrogens is 188 g/mol. The molecule has 0 aliphatic rings. The first kappa shape index (κ1) is 11.8. The SMILES string of the molecule is CCCCOc1ccc(C(=O)CC)cc1. The molecule has 0 saturated carbocycles. The average molecular weight is 206 g/mol. The van der Waals surface area contributed by atoms with E-state index in [9.17, 15) is 4.79 Å². The Balaban J connectivity index is 2.52. The van der Waals surface area contributed by atoms with Gasteiger partial charge >= 0.3 is 0 Å². The van der Waals surface area contributed by atoms with E-state index in [1.54, 1.807) is 0 Å². The second kappa shape index (κ2) is 6.23. The largest absolute Gasteiger partial charge is 0.494 e. The Hall–Kier alpha value is -1.31. The van der Waals surface area contributed by atoms with Crippen molar-refractivity contribution in [2.24, 2.45) is 0 Å². The number of rotatable bonds is 6. The number of carbonyl (C=O) groups excluding carboxylic acids is 1. The van der Waals surface area contributed by atoms with Crippen molar-refractivity contribution in [1.82, 2.24) is 0 Å². The smallest absolute Gasteiger partial charge is 0.162 e. The molecule has 0 radical (unpaired) electrons. The van der Waals surface area contributed by atoms with E-state index in [1.165, 1.54) is 0 Å². The molecule has 1 aromatic carbocycles. The number of unbranched alkanes of at least 4 members (excludes halogenated alkanes) is 1. The maximum atomic E-state index is 11.3. The molecule has 2 heteroatoms. The van der Waals surface area contributed by atoms with Crippen LogP contribution < -0.4 is 4.74 Å². The summed E-state index contributed by atoms with van der Waals surface area (Å²) in [6.45, 7) is 4.75. The van der Waals surface area contributed by atoms with Gasteiger partial charge < -0.3 is 4.74 Å². The predicted molar refractivity (Wildman–Crippen MR) is 61.5 cm³/mol. The van der Waals surface area contributed by atoms with Gasteiger partial charge in [-0.2, -0.15) is 0 Å². The highest BCUT2D eigenvalue weighted by atomic mass is 16.5. The van der Waals surface area contributed by atoms with Gasteiger partial charge in [-0.15, -0.1) is 0 Å². The van der Waals surface area contributed by atoms with Crippen molar-refractivity contribution in [1.29, 1.82) is 0 Å². The van der Waals surface area contributed by atoms with Crippen molar-refractivity contribution < 1.29 is 9.53 Å². The Bertz CT molecular complexity index is 301. The summed E-state index contributed by atoms with van der Waals surface area (Å²) in [6.07, 6.45) is 2.75. The molecule has 0 bridgehead atoms. The van der Waals surface area contributed by atoms with Crippen LogP contribution in [0, 0.1) is 0 Å². The molecule has 82 valence electrons. The van der Waals surface area contributed by atoms with Crippen molar-refractivity contribution in [2.75, 3.05) is 6.61 Å². The Labute approximate surface area is 91.3 Å². The number of hydrogen-bond acceptors (Lipinski definition) is 2. The van der Waals surface area contributed by atoms with E-state index in [4.69, 9.17) is 4.74 Å². The summed E-state index contributed by atoms with van der Waals surface area (Å²) in [7, 11) is 0. The normalized spacial score (nSPS) is 10.0. The van der Waals surface area contributed by atoms with Gasteiger partial charge in [-0.05, 0) is 30.7 Å². The maximum absolute atomic E-state index is 11.3. The molecule has 1 rings (SSSR count). The van der Waals surface area contributed by atoms with E-state index in [0.717, 1.165) is 30.8 Å². The van der Waals surface area contributed by atoms with Gasteiger partial charge in [-0.1, -0.05) is 20.3 Å². The Morgan fingerprint density at radius 3 is 2.40 bits per heavy atom. The Kier molecular flexibility index (Phi) is 4.88. The molecule has 15 heavy (non-hydrogen) atoms. The number of hydrogen-bond donors (Lipinski definition) is 0. The fourth-order valence-corrected chi connectivity index (χ4v) is 1.28. The zero-order valence-corrected chi connectivity index (χ0v) is 9.45. The van der Waals surface area contributed by atoms with Crippen molar-refractivity contribution in [2.45, 2.75) is 33.1 Å². The zero-order valence-electron chi connectivity index (χ0n) is 9.45. The number of Topliss-reactive ketones (excluding diaryl/α,β-unsaturated/α-hetero) is 1. The highest BCUT2D eigenvalue weighted by molar-refractivity contribution is 5.95. The number of ether oxygens (including phenoxy) is 1. The van der Waals surface area contributed by atoms with Gasteiger partial charge in [0.25, 0.3) is 0 Å². The minimum absolute atomic E-state index is 0.176. The fraction of sp³-hybridized carbons (Fsp3) is 0.462. The van der Waals surface area contributed by atoms with Crippen LogP contribution in [0.5, 0.6) is 5.75 Å². The van der Waals surface area contributed by atoms with E-state index < -0.39 is 0 Å². The number of benzene rings is 1. The molecule has 0 unspecified atom stereocenters. The van der Waals surface area contributed by atoms with Gasteiger partial charge in [0.15, 0.2) is 5.78 Å². The summed E-state index contributed by atoms with van der Waals surface area (Å²) in [5.74, 6) is 1.02. The Morgan fingerprint density at radius 1 is 1.20 bits per heavy atom. The summed E-state index contributed by atoms with van der Waals surface area (Å²) in [6, 6.07) is 7.37. The molecule has 2 nitrogen and oxygen atoms in total. The summed E-state index contributed by atoms with van der Waals surface area (Å²) in [5.41, 5.74) is 0.764. The van der Waals surface area contributed by atoms with Crippen LogP contribution >= 0.6 is 0 Å². The lowest BCUT2D eigenvalue weighted by molar-refractivity contribution is 0.0988. The molecule has 0 atom stereocenters. The van der Waals surface area contributed by atoms with Crippen LogP contribution in [-0.4, -0.2) is 12.4 Å². The van der Waals surface area contributed by atoms with Crippen LogP contribution in [0.3, 0.4) is 0 Å². The third-order valence-corrected chi connectivity index (χ3v) is 2.26. The molecule has 0 amide bonds. The summed E-state index contributed by atoms with van der Waals surface area (Å²) < 4.78 is 5.50. The van der Waals surface area contributed by atoms with Crippen LogP contribution in [0.4, 0.5) is 0 Å². The quantitative estimate of drug-likeness (QED) is 0.526. The van der Waals surface area contributed by atoms with E-state index in [2.05, 4.69) is 6.92 Å². The first-order chi connectivity index (χ1) is 7.27. The van der Waals surface area contributed by atoms with Crippen LogP contribution in [0.2, 0.25) is 0 Å². The highest BCUT2D eigenvalue weighted by Crippen LogP contribution is 2.13. The standard InChI is InChI=1S/C13H18O2/c1-3-5-10-15-12-8-6-11(7-9-12)13(14)4-2/h6-9H,3-5,10H2,1-2H3. The zero-order chi connectivity index (χ0) is 11.1. The molecule has 0 saturated heterocycles. The molecule has 0 spiro atoms. The van der Waals surface area contributed by atoms with Crippen LogP contribution in [0.1, 0.15) is 43.5 Å². The van der Waals surface area contributed by atoms with E-state index in [-0.39, 0.29) is 5.78 Å². The van der Waals surface area contributed by atoms with Crippen LogP contribution in [-0.2, 0) is 0 Å². The molecule has 0 heterocycles. The molecule has 1 aromatic rings. The minimum Gasteiger partial charge on any atom is -0.494 e. The monoisotopic (exact) mass is 206 g/mol. The molecule has 0 aromatic heterocycles. The van der Waals surface area contributed by atoms with Crippen molar-refractivity contribution in [3.63, 3.8) is 0 Å². The maximum Gasteiger partial charge on any atom is 0.162 e. The second-order valence-electron chi connectivity index (χ2n) is 3.50. The summed E-state index contributed by atoms with van der Waals surface area (Å²) in [5, 5.41) is 0. The molecule has 0 aliphatic carbocycles. The second-order valence-corrected chi connectivity index (χ2v) is 3.50. The molecule has 0 aliphatic heterocycles. The third-order valence-electron chi connectivity index (χ3n) is 2.26. The van der Waals surface area contributed by atoms with E-state index in [0.29, 0.717) is 6.42 Å². The lowest BCUT2D eigenvalue weighted by atomic mass is 10.1. The highest BCUT2D eigenvalue weighted by Gasteiger charge is 2.02. The molecular formula is C13H18O2. The summed E-state index contributed by atoms with van der Waals surface area (Å²) in [4.78, 5) is 11.3. The molecule has 0 fully saturated rings. The van der Waals surface area contributed by atoms with Crippen molar-refractivity contribution in [3.05, 3.63) is 29.8 Å². The molecule has 0 N–H and O–H groups in total. The van der Waals surface area contributed by atoms with Gasteiger partial charge in [0.1, 0.15) is 5.75 Å². The van der Waals surface area contributed by atoms with Crippen molar-refractivity contribution >= 4 is 5.78 Å². The first-order valence-corrected chi connectivity index (χ1v) is 5.54. The summed E-state index contributed by atoms with van der Waals surface area (Å²) >= 11 is 0. The topological polar surface area (TPSA) is 26.3 Å². The van der Waals surface area contributed by atoms with E-state index in [1.807, 2.05) is 31.2 Å².